The van der Waals surface area contributed by atoms with Crippen LogP contribution in [0.2, 0.25) is 0 Å². The number of alkyl halides is 6. The molecular weight excluding hydrogens is 508 g/mol. The van der Waals surface area contributed by atoms with Gasteiger partial charge in [-0.05, 0) is 44.4 Å². The predicted octanol–water partition coefficient (Wildman–Crippen LogP) is 6.80. The molecule has 0 aliphatic carbocycles. The number of carbonyl (C=O) groups excluding carboxylic acids is 1. The molecule has 2 rings (SSSR count). The summed E-state index contributed by atoms with van der Waals surface area (Å²) in [5, 5.41) is -0.627. The molecule has 1 unspecified atom stereocenters. The zero-order chi connectivity index (χ0) is 27.1. The van der Waals surface area contributed by atoms with E-state index in [9.17, 15) is 35.7 Å². The summed E-state index contributed by atoms with van der Waals surface area (Å²) >= 11 is -2.14. The quantitative estimate of drug-likeness (QED) is 0.140. The molecule has 0 spiro atoms. The zero-order valence-corrected chi connectivity index (χ0v) is 20.9. The monoisotopic (exact) mass is 537 g/mol. The molecule has 3 atom stereocenters. The second kappa shape index (κ2) is 12.3. The van der Waals surface area contributed by atoms with E-state index < -0.39 is 53.1 Å². The lowest BCUT2D eigenvalue weighted by Gasteiger charge is -2.37. The highest BCUT2D eigenvalue weighted by Gasteiger charge is 2.60. The molecule has 4 nitrogen and oxygen atoms in total. The van der Waals surface area contributed by atoms with Crippen LogP contribution in [0.5, 0.6) is 5.75 Å². The van der Waals surface area contributed by atoms with Crippen molar-refractivity contribution < 1.29 is 40.4 Å². The Balaban J connectivity index is 2.40. The molecule has 11 heteroatoms. The van der Waals surface area contributed by atoms with Crippen molar-refractivity contribution in [2.24, 2.45) is 0 Å². The molecule has 0 amide bonds. The molecule has 0 aliphatic heterocycles. The minimum absolute atomic E-state index is 0.0740. The number of hydrogen-bond acceptors (Lipinski definition) is 4. The van der Waals surface area contributed by atoms with E-state index in [1.165, 1.54) is 31.2 Å². The van der Waals surface area contributed by atoms with Crippen LogP contribution in [0.25, 0.3) is 0 Å². The van der Waals surface area contributed by atoms with Crippen molar-refractivity contribution in [1.29, 1.82) is 0 Å². The predicted molar refractivity (Wildman–Crippen MR) is 126 cm³/mol. The van der Waals surface area contributed by atoms with E-state index in [0.717, 1.165) is 17.7 Å². The summed E-state index contributed by atoms with van der Waals surface area (Å²) in [4.78, 5) is 13.0. The highest BCUT2D eigenvalue weighted by molar-refractivity contribution is 7.90. The molecular formula is C25H29F6NO3S. The van der Waals surface area contributed by atoms with Crippen LogP contribution < -0.4 is 9.46 Å². The summed E-state index contributed by atoms with van der Waals surface area (Å²) in [7, 11) is 0. The minimum atomic E-state index is -5.02. The second-order valence-electron chi connectivity index (χ2n) is 8.58. The summed E-state index contributed by atoms with van der Waals surface area (Å²) in [6.45, 7) is 4.72. The maximum Gasteiger partial charge on any atom is 0.415 e. The van der Waals surface area contributed by atoms with Gasteiger partial charge in [0.1, 0.15) is 11.0 Å². The third-order valence-corrected chi connectivity index (χ3v) is 7.33. The van der Waals surface area contributed by atoms with E-state index in [1.54, 1.807) is 26.0 Å². The van der Waals surface area contributed by atoms with Crippen molar-refractivity contribution >= 4 is 17.1 Å². The van der Waals surface area contributed by atoms with Gasteiger partial charge in [-0.2, -0.15) is 26.3 Å². The maximum atomic E-state index is 14.7. The van der Waals surface area contributed by atoms with Crippen molar-refractivity contribution in [2.75, 3.05) is 6.61 Å². The third kappa shape index (κ3) is 8.14. The number of halogens is 6. The Morgan fingerprint density at radius 3 is 2.11 bits per heavy atom. The third-order valence-electron chi connectivity index (χ3n) is 5.72. The van der Waals surface area contributed by atoms with Crippen LogP contribution in [-0.2, 0) is 16.9 Å². The fraction of sp³-hybridized carbons (Fsp3) is 0.480. The van der Waals surface area contributed by atoms with Gasteiger partial charge in [0.2, 0.25) is 0 Å². The average Bonchev–Trinajstić information content (AvgIpc) is 2.80. The first-order valence-electron chi connectivity index (χ1n) is 11.3. The van der Waals surface area contributed by atoms with Crippen LogP contribution in [0.1, 0.15) is 61.0 Å². The molecule has 0 fully saturated rings. The van der Waals surface area contributed by atoms with Crippen molar-refractivity contribution in [3.8, 4) is 5.75 Å². The molecule has 0 aliphatic rings. The lowest BCUT2D eigenvalue weighted by atomic mass is 9.83. The smallest absolute Gasteiger partial charge is 0.415 e. The number of hydrogen-bond donors (Lipinski definition) is 1. The largest absolute Gasteiger partial charge is 0.598 e. The molecule has 0 heterocycles. The topological polar surface area (TPSA) is 61.4 Å². The Kier molecular flexibility index (Phi) is 10.3. The molecule has 36 heavy (non-hydrogen) atoms. The Hall–Kier alpha value is -2.24. The number of nitrogens with one attached hydrogen (secondary N) is 1. The zero-order valence-electron chi connectivity index (χ0n) is 20.1. The second-order valence-corrected chi connectivity index (χ2v) is 10.2. The van der Waals surface area contributed by atoms with Crippen molar-refractivity contribution in [2.45, 2.75) is 69.6 Å². The minimum Gasteiger partial charge on any atom is -0.598 e. The van der Waals surface area contributed by atoms with Gasteiger partial charge in [0.05, 0.1) is 6.61 Å². The fourth-order valence-electron chi connectivity index (χ4n) is 3.32. The molecule has 2 aromatic rings. The first-order valence-corrected chi connectivity index (χ1v) is 12.5. The van der Waals surface area contributed by atoms with Gasteiger partial charge in [-0.3, -0.25) is 4.79 Å². The number of rotatable bonds is 12. The highest BCUT2D eigenvalue weighted by atomic mass is 32.2. The van der Waals surface area contributed by atoms with Gasteiger partial charge >= 0.3 is 12.4 Å². The van der Waals surface area contributed by atoms with Crippen molar-refractivity contribution in [3.63, 3.8) is 0 Å². The Labute approximate surface area is 209 Å². The van der Waals surface area contributed by atoms with Crippen LogP contribution in [0.15, 0.2) is 48.5 Å². The number of carbonyl (C=O) groups is 1. The van der Waals surface area contributed by atoms with Gasteiger partial charge in [0.15, 0.2) is 11.3 Å². The molecule has 200 valence electrons. The number of ether oxygens (including phenoxy) is 1. The van der Waals surface area contributed by atoms with E-state index in [2.05, 4.69) is 4.72 Å². The standard InChI is InChI=1S/C25H29F6NO3S/c1-4-18(3)36(34)32-23(25(29,30)31,16-22(33)19-8-6-17(2)7-9-19)20-10-12-21(13-11-20)35-15-5-14-24(26,27)28/h6-13,18,32H,4-5,14-16H2,1-3H3/t18-,23-,36?/m0/s1. The van der Waals surface area contributed by atoms with Crippen LogP contribution in [0.4, 0.5) is 26.3 Å². The number of aryl methyl sites for hydroxylation is 1. The van der Waals surface area contributed by atoms with Crippen LogP contribution in [-0.4, -0.2) is 34.5 Å². The molecule has 0 saturated carbocycles. The highest BCUT2D eigenvalue weighted by Crippen LogP contribution is 2.44. The van der Waals surface area contributed by atoms with Crippen molar-refractivity contribution in [3.05, 3.63) is 65.2 Å². The molecule has 0 aromatic heterocycles. The summed E-state index contributed by atoms with van der Waals surface area (Å²) in [5.74, 6) is -0.724. The molecule has 1 N–H and O–H groups in total. The Bertz CT molecular complexity index is 979. The number of Topliss-reactive ketones (excluding diaryl/α,β-unsaturated/α-hetero) is 1. The summed E-state index contributed by atoms with van der Waals surface area (Å²) < 4.78 is 101. The fourth-order valence-corrected chi connectivity index (χ4v) is 4.48. The number of ketones is 1. The molecule has 2 aromatic carbocycles. The van der Waals surface area contributed by atoms with Crippen LogP contribution in [0.3, 0.4) is 0 Å². The van der Waals surface area contributed by atoms with E-state index in [-0.39, 0.29) is 29.9 Å². The molecule has 0 bridgehead atoms. The van der Waals surface area contributed by atoms with E-state index in [4.69, 9.17) is 4.74 Å². The van der Waals surface area contributed by atoms with Crippen molar-refractivity contribution in [1.82, 2.24) is 4.72 Å². The first-order chi connectivity index (χ1) is 16.7. The van der Waals surface area contributed by atoms with E-state index >= 15 is 0 Å². The van der Waals surface area contributed by atoms with Gasteiger partial charge in [-0.25, -0.2) is 0 Å². The van der Waals surface area contributed by atoms with Gasteiger partial charge in [0, 0.05) is 29.8 Å². The van der Waals surface area contributed by atoms with Gasteiger partial charge in [0.25, 0.3) is 0 Å². The maximum absolute atomic E-state index is 14.7. The van der Waals surface area contributed by atoms with E-state index in [1.807, 2.05) is 0 Å². The van der Waals surface area contributed by atoms with Crippen LogP contribution >= 0.6 is 0 Å². The first kappa shape index (κ1) is 30.0. The van der Waals surface area contributed by atoms with Gasteiger partial charge in [-0.1, -0.05) is 48.9 Å². The van der Waals surface area contributed by atoms with Gasteiger partial charge < -0.3 is 9.29 Å². The van der Waals surface area contributed by atoms with Gasteiger partial charge in [-0.15, -0.1) is 4.72 Å². The lowest BCUT2D eigenvalue weighted by molar-refractivity contribution is -0.194. The Morgan fingerprint density at radius 2 is 1.61 bits per heavy atom. The van der Waals surface area contributed by atoms with E-state index in [0.29, 0.717) is 6.42 Å². The summed E-state index contributed by atoms with van der Waals surface area (Å²) in [5.41, 5.74) is -2.43. The molecule has 0 radical (unpaired) electrons. The molecule has 0 saturated heterocycles. The summed E-state index contributed by atoms with van der Waals surface area (Å²) in [6, 6.07) is 10.6. The normalized spacial score (nSPS) is 15.7. The SMILES string of the molecule is CC[C@H](C)[S+]([O-])N[C@@](CC(=O)c1ccc(C)cc1)(c1ccc(OCCCC(F)(F)F)cc1)C(F)(F)F. The lowest BCUT2D eigenvalue weighted by Crippen LogP contribution is -2.58. The van der Waals surface area contributed by atoms with Crippen LogP contribution in [0, 0.1) is 6.92 Å². The summed E-state index contributed by atoms with van der Waals surface area (Å²) in [6.07, 6.45) is -11.4. The number of benzene rings is 2. The Morgan fingerprint density at radius 1 is 1.03 bits per heavy atom. The average molecular weight is 538 g/mol.